The summed E-state index contributed by atoms with van der Waals surface area (Å²) in [6, 6.07) is 0. The lowest BCUT2D eigenvalue weighted by Gasteiger charge is -2.26. The maximum Gasteiger partial charge on any atom is 0.334 e. The van der Waals surface area contributed by atoms with Crippen LogP contribution in [0.1, 0.15) is 39.5 Å². The fraction of sp³-hybridized carbons (Fsp3) is 0.765. The van der Waals surface area contributed by atoms with Gasteiger partial charge in [0.2, 0.25) is 0 Å². The molecule has 6 heteroatoms. The second-order valence-electron chi connectivity index (χ2n) is 6.03. The number of carbonyl (C=O) groups is 2. The topological polar surface area (TPSA) is 76.1 Å². The molecule has 0 aromatic rings. The number of nitrogens with zero attached hydrogens (tertiary/aromatic N) is 1. The van der Waals surface area contributed by atoms with Gasteiger partial charge in [0.25, 0.3) is 0 Å². The Labute approximate surface area is 138 Å². The van der Waals surface area contributed by atoms with Crippen molar-refractivity contribution >= 4 is 11.9 Å². The molecule has 0 aromatic carbocycles. The molecule has 0 bridgehead atoms. The molecule has 1 fully saturated rings. The Bertz CT molecular complexity index is 402. The molecular weight excluding hydrogens is 298 g/mol. The van der Waals surface area contributed by atoms with E-state index in [0.29, 0.717) is 13.0 Å². The molecular formula is C17H29NO5. The summed E-state index contributed by atoms with van der Waals surface area (Å²) in [7, 11) is 0. The highest BCUT2D eigenvalue weighted by molar-refractivity contribution is 5.95. The number of hydrogen-bond donors (Lipinski definition) is 1. The molecule has 0 amide bonds. The molecule has 1 unspecified atom stereocenters. The van der Waals surface area contributed by atoms with Gasteiger partial charge in [0, 0.05) is 24.7 Å². The first kappa shape index (κ1) is 19.6. The molecule has 1 rings (SSSR count). The molecule has 0 spiro atoms. The van der Waals surface area contributed by atoms with Crippen LogP contribution in [0, 0.1) is 5.92 Å². The maximum absolute atomic E-state index is 12.0. The smallest absolute Gasteiger partial charge is 0.334 e. The van der Waals surface area contributed by atoms with E-state index in [4.69, 9.17) is 14.6 Å². The zero-order valence-electron chi connectivity index (χ0n) is 14.3. The highest BCUT2D eigenvalue weighted by Gasteiger charge is 2.15. The summed E-state index contributed by atoms with van der Waals surface area (Å²) in [4.78, 5) is 25.2. The van der Waals surface area contributed by atoms with E-state index in [1.807, 2.05) is 13.8 Å². The van der Waals surface area contributed by atoms with E-state index in [-0.39, 0.29) is 11.5 Å². The number of unbranched alkanes of at least 4 members (excludes halogenated alkanes) is 1. The molecule has 6 nitrogen and oxygen atoms in total. The molecule has 0 saturated carbocycles. The van der Waals surface area contributed by atoms with Crippen molar-refractivity contribution in [1.82, 2.24) is 4.90 Å². The summed E-state index contributed by atoms with van der Waals surface area (Å²) in [5, 5.41) is 8.91. The van der Waals surface area contributed by atoms with Gasteiger partial charge in [-0.15, -0.1) is 0 Å². The highest BCUT2D eigenvalue weighted by atomic mass is 16.5. The molecule has 1 N–H and O–H groups in total. The van der Waals surface area contributed by atoms with Crippen LogP contribution in [0.5, 0.6) is 0 Å². The van der Waals surface area contributed by atoms with Gasteiger partial charge in [-0.1, -0.05) is 20.3 Å². The Morgan fingerprint density at radius 3 is 2.61 bits per heavy atom. The van der Waals surface area contributed by atoms with E-state index in [2.05, 4.69) is 4.90 Å². The fourth-order valence-corrected chi connectivity index (χ4v) is 2.29. The molecule has 0 aromatic heterocycles. The molecule has 23 heavy (non-hydrogen) atoms. The second kappa shape index (κ2) is 11.2. The van der Waals surface area contributed by atoms with Gasteiger partial charge in [0.1, 0.15) is 0 Å². The van der Waals surface area contributed by atoms with Crippen LogP contribution in [0.4, 0.5) is 0 Å². The van der Waals surface area contributed by atoms with Crippen LogP contribution < -0.4 is 0 Å². The van der Waals surface area contributed by atoms with Gasteiger partial charge in [0.05, 0.1) is 19.8 Å². The third-order valence-electron chi connectivity index (χ3n) is 4.03. The lowest BCUT2D eigenvalue weighted by molar-refractivity contribution is -0.141. The van der Waals surface area contributed by atoms with E-state index in [9.17, 15) is 9.59 Å². The first-order chi connectivity index (χ1) is 11.0. The molecule has 0 aliphatic carbocycles. The van der Waals surface area contributed by atoms with Crippen LogP contribution in [-0.2, 0) is 19.1 Å². The van der Waals surface area contributed by atoms with E-state index in [1.54, 1.807) is 0 Å². The van der Waals surface area contributed by atoms with E-state index >= 15 is 0 Å². The molecule has 1 atom stereocenters. The Morgan fingerprint density at radius 2 is 2.00 bits per heavy atom. The van der Waals surface area contributed by atoms with Crippen LogP contribution >= 0.6 is 0 Å². The Hall–Kier alpha value is -1.40. The number of esters is 1. The predicted molar refractivity (Wildman–Crippen MR) is 87.2 cm³/mol. The average Bonchev–Trinajstić information content (AvgIpc) is 2.55. The van der Waals surface area contributed by atoms with Crippen molar-refractivity contribution in [3.63, 3.8) is 0 Å². The zero-order chi connectivity index (χ0) is 17.1. The number of hydrogen-bond acceptors (Lipinski definition) is 5. The van der Waals surface area contributed by atoms with Gasteiger partial charge < -0.3 is 14.6 Å². The maximum atomic E-state index is 12.0. The highest BCUT2D eigenvalue weighted by Crippen LogP contribution is 2.12. The lowest BCUT2D eigenvalue weighted by Crippen LogP contribution is -2.36. The minimum Gasteiger partial charge on any atom is -0.478 e. The van der Waals surface area contributed by atoms with Gasteiger partial charge in [-0.3, -0.25) is 4.90 Å². The Kier molecular flexibility index (Phi) is 9.55. The van der Waals surface area contributed by atoms with Gasteiger partial charge in [-0.2, -0.15) is 0 Å². The minimum atomic E-state index is -1.10. The standard InChI is InChI=1S/C17H29NO5/c1-3-14(2)13-23-17(21)15(12-16(19)20)6-4-5-7-18-8-10-22-11-9-18/h12,14H,3-11,13H2,1-2H3,(H,19,20)/b15-12+. The van der Waals surface area contributed by atoms with Crippen molar-refractivity contribution < 1.29 is 24.2 Å². The second-order valence-corrected chi connectivity index (χ2v) is 6.03. The van der Waals surface area contributed by atoms with E-state index in [0.717, 1.165) is 58.2 Å². The van der Waals surface area contributed by atoms with Crippen molar-refractivity contribution in [2.75, 3.05) is 39.5 Å². The zero-order valence-corrected chi connectivity index (χ0v) is 14.3. The summed E-state index contributed by atoms with van der Waals surface area (Å²) < 4.78 is 10.5. The molecule has 1 aliphatic rings. The quantitative estimate of drug-likeness (QED) is 0.376. The number of rotatable bonds is 10. The number of carbonyl (C=O) groups excluding carboxylic acids is 1. The lowest BCUT2D eigenvalue weighted by atomic mass is 10.1. The van der Waals surface area contributed by atoms with Gasteiger partial charge in [0.15, 0.2) is 0 Å². The summed E-state index contributed by atoms with van der Waals surface area (Å²) in [5.74, 6) is -1.32. The third-order valence-corrected chi connectivity index (χ3v) is 4.03. The Morgan fingerprint density at radius 1 is 1.30 bits per heavy atom. The summed E-state index contributed by atoms with van der Waals surface area (Å²) in [5.41, 5.74) is 0.253. The summed E-state index contributed by atoms with van der Waals surface area (Å²) >= 11 is 0. The van der Waals surface area contributed by atoms with Crippen LogP contribution in [-0.4, -0.2) is 61.4 Å². The van der Waals surface area contributed by atoms with Gasteiger partial charge >= 0.3 is 11.9 Å². The first-order valence-corrected chi connectivity index (χ1v) is 8.43. The minimum absolute atomic E-state index is 0.253. The van der Waals surface area contributed by atoms with Crippen LogP contribution in [0.3, 0.4) is 0 Å². The third kappa shape index (κ3) is 8.71. The summed E-state index contributed by atoms with van der Waals surface area (Å²) in [6.45, 7) is 8.72. The normalized spacial score (nSPS) is 17.7. The van der Waals surface area contributed by atoms with Crippen LogP contribution in [0.2, 0.25) is 0 Å². The Balaban J connectivity index is 2.35. The number of morpholine rings is 1. The number of carboxylic acid groups (broad SMARTS) is 1. The SMILES string of the molecule is CCC(C)COC(=O)/C(=C/C(=O)O)CCCCN1CCOCC1. The number of aliphatic carboxylic acids is 1. The van der Waals surface area contributed by atoms with Gasteiger partial charge in [-0.05, 0) is 31.7 Å². The molecule has 0 radical (unpaired) electrons. The van der Waals surface area contributed by atoms with Crippen molar-refractivity contribution in [1.29, 1.82) is 0 Å². The van der Waals surface area contributed by atoms with E-state index in [1.165, 1.54) is 0 Å². The monoisotopic (exact) mass is 327 g/mol. The largest absolute Gasteiger partial charge is 0.478 e. The van der Waals surface area contributed by atoms with Crippen LogP contribution in [0.15, 0.2) is 11.6 Å². The number of carboxylic acids is 1. The molecule has 132 valence electrons. The van der Waals surface area contributed by atoms with E-state index < -0.39 is 11.9 Å². The van der Waals surface area contributed by atoms with Crippen molar-refractivity contribution in [3.05, 3.63) is 11.6 Å². The fourth-order valence-electron chi connectivity index (χ4n) is 2.29. The summed E-state index contributed by atoms with van der Waals surface area (Å²) in [6.07, 6.45) is 4.04. The van der Waals surface area contributed by atoms with Crippen LogP contribution in [0.25, 0.3) is 0 Å². The average molecular weight is 327 g/mol. The first-order valence-electron chi connectivity index (χ1n) is 8.43. The molecule has 1 saturated heterocycles. The van der Waals surface area contributed by atoms with Crippen molar-refractivity contribution in [2.24, 2.45) is 5.92 Å². The van der Waals surface area contributed by atoms with Crippen molar-refractivity contribution in [2.45, 2.75) is 39.5 Å². The predicted octanol–water partition coefficient (Wildman–Crippen LogP) is 2.09. The molecule has 1 aliphatic heterocycles. The number of ether oxygens (including phenoxy) is 2. The molecule has 1 heterocycles. The van der Waals surface area contributed by atoms with Crippen molar-refractivity contribution in [3.8, 4) is 0 Å². The van der Waals surface area contributed by atoms with Gasteiger partial charge in [-0.25, -0.2) is 9.59 Å².